The van der Waals surface area contributed by atoms with Gasteiger partial charge in [-0.25, -0.2) is 4.79 Å². The first kappa shape index (κ1) is 12.1. The molecular formula is C11H16N2O4. The molecule has 0 spiro atoms. The smallest absolute Gasteiger partial charge is 0.358 e. The Bertz CT molecular complexity index is 385. The molecule has 2 heterocycles. The molecule has 0 radical (unpaired) electrons. The van der Waals surface area contributed by atoms with E-state index >= 15 is 0 Å². The van der Waals surface area contributed by atoms with Crippen LogP contribution in [0.1, 0.15) is 29.1 Å². The zero-order valence-electron chi connectivity index (χ0n) is 9.76. The Hall–Kier alpha value is -1.40. The highest BCUT2D eigenvalue weighted by molar-refractivity contribution is 5.85. The fourth-order valence-electron chi connectivity index (χ4n) is 1.99. The first-order valence-electron chi connectivity index (χ1n) is 5.63. The summed E-state index contributed by atoms with van der Waals surface area (Å²) in [4.78, 5) is 12.8. The van der Waals surface area contributed by atoms with Gasteiger partial charge in [-0.3, -0.25) is 4.90 Å². The van der Waals surface area contributed by atoms with Crippen LogP contribution in [0.15, 0.2) is 10.6 Å². The maximum atomic E-state index is 10.6. The van der Waals surface area contributed by atoms with E-state index in [2.05, 4.69) is 10.1 Å². The molecule has 1 aromatic rings. The second-order valence-corrected chi connectivity index (χ2v) is 4.24. The number of carbonyl (C=O) groups is 1. The number of rotatable bonds is 4. The van der Waals surface area contributed by atoms with E-state index in [1.165, 1.54) is 6.07 Å². The van der Waals surface area contributed by atoms with Crippen LogP contribution in [0.5, 0.6) is 0 Å². The number of aromatic nitrogens is 1. The largest absolute Gasteiger partial charge is 0.476 e. The fraction of sp³-hybridized carbons (Fsp3) is 0.636. The molecule has 1 aliphatic rings. The molecule has 6 heteroatoms. The minimum atomic E-state index is -1.06. The van der Waals surface area contributed by atoms with Crippen molar-refractivity contribution < 1.29 is 19.2 Å². The lowest BCUT2D eigenvalue weighted by Crippen LogP contribution is -2.36. The van der Waals surface area contributed by atoms with Gasteiger partial charge in [0.25, 0.3) is 0 Å². The van der Waals surface area contributed by atoms with Gasteiger partial charge in [0, 0.05) is 25.3 Å². The van der Waals surface area contributed by atoms with Gasteiger partial charge in [0.1, 0.15) is 0 Å². The molecule has 0 saturated carbocycles. The summed E-state index contributed by atoms with van der Waals surface area (Å²) < 4.78 is 10.3. The third-order valence-corrected chi connectivity index (χ3v) is 3.00. The summed E-state index contributed by atoms with van der Waals surface area (Å²) in [7, 11) is 2.00. The van der Waals surface area contributed by atoms with Crippen molar-refractivity contribution in [3.63, 3.8) is 0 Å². The third kappa shape index (κ3) is 3.04. The number of carboxylic acid groups (broad SMARTS) is 1. The van der Waals surface area contributed by atoms with E-state index in [-0.39, 0.29) is 5.69 Å². The van der Waals surface area contributed by atoms with Crippen molar-refractivity contribution >= 4 is 5.97 Å². The molecule has 0 bridgehead atoms. The first-order chi connectivity index (χ1) is 8.16. The predicted molar refractivity (Wildman–Crippen MR) is 58.8 cm³/mol. The van der Waals surface area contributed by atoms with E-state index in [1.807, 2.05) is 7.05 Å². The number of ether oxygens (including phenoxy) is 1. The average Bonchev–Trinajstić information content (AvgIpc) is 2.79. The standard InChI is InChI=1S/C11H16N2O4/c1-13(8-2-4-16-5-3-8)7-9-6-10(11(14)15)12-17-9/h6,8H,2-5,7H2,1H3,(H,14,15). The van der Waals surface area contributed by atoms with E-state index < -0.39 is 5.97 Å². The molecule has 0 amide bonds. The van der Waals surface area contributed by atoms with Crippen molar-refractivity contribution in [2.75, 3.05) is 20.3 Å². The van der Waals surface area contributed by atoms with Gasteiger partial charge in [-0.05, 0) is 19.9 Å². The molecule has 2 rings (SSSR count). The maximum absolute atomic E-state index is 10.6. The van der Waals surface area contributed by atoms with Crippen molar-refractivity contribution in [3.05, 3.63) is 17.5 Å². The number of nitrogens with zero attached hydrogens (tertiary/aromatic N) is 2. The van der Waals surface area contributed by atoms with Gasteiger partial charge in [-0.1, -0.05) is 5.16 Å². The van der Waals surface area contributed by atoms with Crippen molar-refractivity contribution in [1.29, 1.82) is 0 Å². The quantitative estimate of drug-likeness (QED) is 0.845. The van der Waals surface area contributed by atoms with Crippen LogP contribution in [0.25, 0.3) is 0 Å². The second kappa shape index (κ2) is 5.29. The second-order valence-electron chi connectivity index (χ2n) is 4.24. The fourth-order valence-corrected chi connectivity index (χ4v) is 1.99. The van der Waals surface area contributed by atoms with Crippen molar-refractivity contribution in [2.45, 2.75) is 25.4 Å². The first-order valence-corrected chi connectivity index (χ1v) is 5.63. The van der Waals surface area contributed by atoms with Gasteiger partial charge in [-0.2, -0.15) is 0 Å². The molecule has 94 valence electrons. The third-order valence-electron chi connectivity index (χ3n) is 3.00. The molecule has 6 nitrogen and oxygen atoms in total. The zero-order valence-corrected chi connectivity index (χ0v) is 9.76. The number of carboxylic acids is 1. The summed E-state index contributed by atoms with van der Waals surface area (Å²) >= 11 is 0. The molecule has 17 heavy (non-hydrogen) atoms. The van der Waals surface area contributed by atoms with Crippen LogP contribution in [-0.2, 0) is 11.3 Å². The number of aromatic carboxylic acids is 1. The van der Waals surface area contributed by atoms with Crippen LogP contribution >= 0.6 is 0 Å². The van der Waals surface area contributed by atoms with Gasteiger partial charge in [0.15, 0.2) is 11.5 Å². The van der Waals surface area contributed by atoms with E-state index in [9.17, 15) is 4.79 Å². The van der Waals surface area contributed by atoms with Crippen molar-refractivity contribution in [2.24, 2.45) is 0 Å². The highest BCUT2D eigenvalue weighted by Crippen LogP contribution is 2.16. The molecule has 0 aliphatic carbocycles. The molecule has 0 aromatic carbocycles. The van der Waals surface area contributed by atoms with Gasteiger partial charge in [0.2, 0.25) is 0 Å². The molecule has 1 aromatic heterocycles. The van der Waals surface area contributed by atoms with E-state index in [0.717, 1.165) is 26.1 Å². The van der Waals surface area contributed by atoms with Crippen molar-refractivity contribution in [1.82, 2.24) is 10.1 Å². The van der Waals surface area contributed by atoms with E-state index in [1.54, 1.807) is 0 Å². The Labute approximate surface area is 99.1 Å². The average molecular weight is 240 g/mol. The van der Waals surface area contributed by atoms with E-state index in [4.69, 9.17) is 14.4 Å². The van der Waals surface area contributed by atoms with Crippen LogP contribution in [0.4, 0.5) is 0 Å². The summed E-state index contributed by atoms with van der Waals surface area (Å²) in [5, 5.41) is 12.2. The molecule has 0 atom stereocenters. The number of hydrogen-bond acceptors (Lipinski definition) is 5. The Morgan fingerprint density at radius 2 is 2.29 bits per heavy atom. The zero-order chi connectivity index (χ0) is 12.3. The lowest BCUT2D eigenvalue weighted by molar-refractivity contribution is 0.0381. The summed E-state index contributed by atoms with van der Waals surface area (Å²) in [6.45, 7) is 2.14. The van der Waals surface area contributed by atoms with Crippen LogP contribution in [0.2, 0.25) is 0 Å². The number of hydrogen-bond donors (Lipinski definition) is 1. The molecule has 1 N–H and O–H groups in total. The molecular weight excluding hydrogens is 224 g/mol. The van der Waals surface area contributed by atoms with Gasteiger partial charge >= 0.3 is 5.97 Å². The van der Waals surface area contributed by atoms with Crippen LogP contribution in [0, 0.1) is 0 Å². The molecule has 0 unspecified atom stereocenters. The summed E-state index contributed by atoms with van der Waals surface area (Å²) in [6.07, 6.45) is 1.99. The minimum absolute atomic E-state index is 0.0413. The topological polar surface area (TPSA) is 75.8 Å². The predicted octanol–water partition coefficient (Wildman–Crippen LogP) is 0.984. The Morgan fingerprint density at radius 3 is 2.88 bits per heavy atom. The summed E-state index contributed by atoms with van der Waals surface area (Å²) in [6, 6.07) is 1.93. The van der Waals surface area contributed by atoms with E-state index in [0.29, 0.717) is 18.3 Å². The van der Waals surface area contributed by atoms with Crippen LogP contribution in [0.3, 0.4) is 0 Å². The van der Waals surface area contributed by atoms with Crippen LogP contribution in [-0.4, -0.2) is 47.4 Å². The molecule has 1 saturated heterocycles. The lowest BCUT2D eigenvalue weighted by atomic mass is 10.1. The van der Waals surface area contributed by atoms with Crippen LogP contribution < -0.4 is 0 Å². The monoisotopic (exact) mass is 240 g/mol. The molecule has 1 aliphatic heterocycles. The highest BCUT2D eigenvalue weighted by atomic mass is 16.5. The summed E-state index contributed by atoms with van der Waals surface area (Å²) in [5.41, 5.74) is -0.0413. The highest BCUT2D eigenvalue weighted by Gasteiger charge is 2.20. The minimum Gasteiger partial charge on any atom is -0.476 e. The lowest BCUT2D eigenvalue weighted by Gasteiger charge is -2.30. The Balaban J connectivity index is 1.92. The Morgan fingerprint density at radius 1 is 1.59 bits per heavy atom. The van der Waals surface area contributed by atoms with Gasteiger partial charge < -0.3 is 14.4 Å². The molecule has 1 fully saturated rings. The SMILES string of the molecule is CN(Cc1cc(C(=O)O)no1)C1CCOCC1. The Kier molecular flexibility index (Phi) is 3.75. The van der Waals surface area contributed by atoms with Crippen molar-refractivity contribution in [3.8, 4) is 0 Å². The maximum Gasteiger partial charge on any atom is 0.358 e. The van der Waals surface area contributed by atoms with Gasteiger partial charge in [-0.15, -0.1) is 0 Å². The van der Waals surface area contributed by atoms with Gasteiger partial charge in [0.05, 0.1) is 6.54 Å². The summed E-state index contributed by atoms with van der Waals surface area (Å²) in [5.74, 6) is -0.481. The normalized spacial score (nSPS) is 17.5.